The molecule has 2 N–H and O–H groups in total. The van der Waals surface area contributed by atoms with Gasteiger partial charge in [-0.2, -0.15) is 0 Å². The third-order valence-electron chi connectivity index (χ3n) is 3.10. The maximum Gasteiger partial charge on any atom is 0.0766 e. The van der Waals surface area contributed by atoms with Gasteiger partial charge in [-0.1, -0.05) is 56.3 Å². The highest BCUT2D eigenvalue weighted by atomic mass is 16.3. The number of aliphatic hydroxyl groups is 1. The zero-order valence-electron chi connectivity index (χ0n) is 11.0. The van der Waals surface area contributed by atoms with E-state index in [9.17, 15) is 5.11 Å². The van der Waals surface area contributed by atoms with Crippen LogP contribution in [0.15, 0.2) is 36.4 Å². The summed E-state index contributed by atoms with van der Waals surface area (Å²) in [6.45, 7) is 7.32. The Labute approximate surface area is 104 Å². The minimum Gasteiger partial charge on any atom is -0.389 e. The first kappa shape index (κ1) is 13.9. The minimum atomic E-state index is -0.638. The van der Waals surface area contributed by atoms with Gasteiger partial charge in [0.1, 0.15) is 0 Å². The minimum absolute atomic E-state index is 0.258. The molecule has 0 aliphatic rings. The molecule has 1 rings (SSSR count). The average molecular weight is 233 g/mol. The number of nitrogens with one attached hydrogen (secondary N) is 1. The fraction of sp³-hybridized carbons (Fsp3) is 0.467. The van der Waals surface area contributed by atoms with Gasteiger partial charge < -0.3 is 10.4 Å². The Kier molecular flexibility index (Phi) is 5.39. The maximum absolute atomic E-state index is 10.0. The van der Waals surface area contributed by atoms with Crippen LogP contribution in [-0.2, 0) is 0 Å². The average Bonchev–Trinajstić information content (AvgIpc) is 2.29. The third-order valence-corrected chi connectivity index (χ3v) is 3.10. The second-order valence-corrected chi connectivity index (χ2v) is 4.96. The quantitative estimate of drug-likeness (QED) is 0.740. The van der Waals surface area contributed by atoms with E-state index < -0.39 is 5.60 Å². The molecule has 0 aromatic heterocycles. The van der Waals surface area contributed by atoms with Crippen LogP contribution in [0.3, 0.4) is 0 Å². The summed E-state index contributed by atoms with van der Waals surface area (Å²) in [6.07, 6.45) is 4.16. The van der Waals surface area contributed by atoms with E-state index >= 15 is 0 Å². The summed E-state index contributed by atoms with van der Waals surface area (Å²) in [5.74, 6) is 0.258. The molecule has 0 saturated carbocycles. The molecular formula is C15H23NO. The topological polar surface area (TPSA) is 32.3 Å². The Morgan fingerprint density at radius 1 is 1.29 bits per heavy atom. The van der Waals surface area contributed by atoms with Crippen LogP contribution in [0.5, 0.6) is 0 Å². The summed E-state index contributed by atoms with van der Waals surface area (Å²) >= 11 is 0. The van der Waals surface area contributed by atoms with Crippen LogP contribution in [0.1, 0.15) is 26.3 Å². The smallest absolute Gasteiger partial charge is 0.0766 e. The summed E-state index contributed by atoms with van der Waals surface area (Å²) in [6, 6.07) is 10.2. The van der Waals surface area contributed by atoms with Crippen molar-refractivity contribution in [3.63, 3.8) is 0 Å². The molecule has 0 radical (unpaired) electrons. The molecule has 2 nitrogen and oxygen atoms in total. The lowest BCUT2D eigenvalue weighted by Crippen LogP contribution is -2.42. The summed E-state index contributed by atoms with van der Waals surface area (Å²) in [7, 11) is 0. The van der Waals surface area contributed by atoms with Crippen LogP contribution in [-0.4, -0.2) is 23.8 Å². The summed E-state index contributed by atoms with van der Waals surface area (Å²) in [4.78, 5) is 0. The lowest BCUT2D eigenvalue weighted by Gasteiger charge is -2.27. The van der Waals surface area contributed by atoms with Crippen molar-refractivity contribution in [2.45, 2.75) is 26.4 Å². The predicted molar refractivity (Wildman–Crippen MR) is 73.8 cm³/mol. The van der Waals surface area contributed by atoms with Crippen LogP contribution in [0.4, 0.5) is 0 Å². The molecule has 0 heterocycles. The zero-order valence-corrected chi connectivity index (χ0v) is 11.0. The monoisotopic (exact) mass is 233 g/mol. The van der Waals surface area contributed by atoms with E-state index in [0.29, 0.717) is 6.54 Å². The lowest BCUT2D eigenvalue weighted by molar-refractivity contribution is 0.0151. The molecule has 0 saturated heterocycles. The molecule has 2 heteroatoms. The van der Waals surface area contributed by atoms with Crippen LogP contribution in [0.25, 0.3) is 6.08 Å². The van der Waals surface area contributed by atoms with Crippen molar-refractivity contribution < 1.29 is 5.11 Å². The lowest BCUT2D eigenvalue weighted by atomic mass is 9.93. The Balaban J connectivity index is 2.27. The molecule has 1 unspecified atom stereocenters. The van der Waals surface area contributed by atoms with E-state index in [0.717, 1.165) is 6.54 Å². The van der Waals surface area contributed by atoms with E-state index in [1.807, 2.05) is 39.0 Å². The molecule has 0 spiro atoms. The molecular weight excluding hydrogens is 210 g/mol. The summed E-state index contributed by atoms with van der Waals surface area (Å²) in [5.41, 5.74) is 0.561. The van der Waals surface area contributed by atoms with E-state index in [-0.39, 0.29) is 5.92 Å². The fourth-order valence-corrected chi connectivity index (χ4v) is 1.37. The highest BCUT2D eigenvalue weighted by Crippen LogP contribution is 2.14. The summed E-state index contributed by atoms with van der Waals surface area (Å²) < 4.78 is 0. The van der Waals surface area contributed by atoms with Gasteiger partial charge in [0.15, 0.2) is 0 Å². The Hall–Kier alpha value is -1.12. The Morgan fingerprint density at radius 2 is 1.94 bits per heavy atom. The van der Waals surface area contributed by atoms with Crippen molar-refractivity contribution in [1.29, 1.82) is 0 Å². The van der Waals surface area contributed by atoms with E-state index in [1.54, 1.807) is 0 Å². The normalized spacial score (nSPS) is 15.4. The Bertz CT molecular complexity index is 341. The largest absolute Gasteiger partial charge is 0.389 e. The molecule has 94 valence electrons. The van der Waals surface area contributed by atoms with Gasteiger partial charge in [0.25, 0.3) is 0 Å². The van der Waals surface area contributed by atoms with Crippen molar-refractivity contribution >= 4 is 6.08 Å². The number of hydrogen-bond acceptors (Lipinski definition) is 2. The first-order valence-electron chi connectivity index (χ1n) is 6.17. The van der Waals surface area contributed by atoms with Gasteiger partial charge in [-0.05, 0) is 18.4 Å². The standard InChI is InChI=1S/C15H23NO/c1-13(2)15(3,17)12-16-11-7-10-14-8-5-4-6-9-14/h4-10,13,16-17H,11-12H2,1-3H3. The van der Waals surface area contributed by atoms with Gasteiger partial charge >= 0.3 is 0 Å². The summed E-state index contributed by atoms with van der Waals surface area (Å²) in [5, 5.41) is 13.3. The molecule has 1 aromatic rings. The second kappa shape index (κ2) is 6.58. The van der Waals surface area contributed by atoms with Crippen molar-refractivity contribution in [3.05, 3.63) is 42.0 Å². The Morgan fingerprint density at radius 3 is 2.53 bits per heavy atom. The van der Waals surface area contributed by atoms with Crippen molar-refractivity contribution in [2.75, 3.05) is 13.1 Å². The molecule has 1 atom stereocenters. The number of rotatable bonds is 6. The van der Waals surface area contributed by atoms with Gasteiger partial charge in [0, 0.05) is 13.1 Å². The van der Waals surface area contributed by atoms with Gasteiger partial charge in [-0.3, -0.25) is 0 Å². The molecule has 17 heavy (non-hydrogen) atoms. The van der Waals surface area contributed by atoms with Crippen molar-refractivity contribution in [1.82, 2.24) is 5.32 Å². The van der Waals surface area contributed by atoms with Gasteiger partial charge in [-0.15, -0.1) is 0 Å². The van der Waals surface area contributed by atoms with Crippen LogP contribution in [0, 0.1) is 5.92 Å². The van der Waals surface area contributed by atoms with Gasteiger partial charge in [-0.25, -0.2) is 0 Å². The van der Waals surface area contributed by atoms with E-state index in [2.05, 4.69) is 29.6 Å². The highest BCUT2D eigenvalue weighted by Gasteiger charge is 2.23. The molecule has 0 aliphatic carbocycles. The molecule has 0 fully saturated rings. The van der Waals surface area contributed by atoms with Gasteiger partial charge in [0.2, 0.25) is 0 Å². The first-order chi connectivity index (χ1) is 8.02. The van der Waals surface area contributed by atoms with Crippen LogP contribution in [0.2, 0.25) is 0 Å². The first-order valence-corrected chi connectivity index (χ1v) is 6.17. The highest BCUT2D eigenvalue weighted by molar-refractivity contribution is 5.48. The molecule has 0 aliphatic heterocycles. The van der Waals surface area contributed by atoms with E-state index in [4.69, 9.17) is 0 Å². The molecule has 0 bridgehead atoms. The maximum atomic E-state index is 10.0. The number of hydrogen-bond donors (Lipinski definition) is 2. The molecule has 1 aromatic carbocycles. The van der Waals surface area contributed by atoms with Crippen molar-refractivity contribution in [2.24, 2.45) is 5.92 Å². The zero-order chi connectivity index (χ0) is 12.7. The van der Waals surface area contributed by atoms with Crippen LogP contribution < -0.4 is 5.32 Å². The number of benzene rings is 1. The van der Waals surface area contributed by atoms with Crippen LogP contribution >= 0.6 is 0 Å². The SMILES string of the molecule is CC(C)C(C)(O)CNCC=Cc1ccccc1. The predicted octanol–water partition coefficient (Wildman–Crippen LogP) is 2.70. The third kappa shape index (κ3) is 5.16. The van der Waals surface area contributed by atoms with E-state index in [1.165, 1.54) is 5.56 Å². The second-order valence-electron chi connectivity index (χ2n) is 4.96. The fourth-order valence-electron chi connectivity index (χ4n) is 1.37. The van der Waals surface area contributed by atoms with Crippen molar-refractivity contribution in [3.8, 4) is 0 Å². The molecule has 0 amide bonds. The van der Waals surface area contributed by atoms with Gasteiger partial charge in [0.05, 0.1) is 5.60 Å².